The van der Waals surface area contributed by atoms with Crippen molar-refractivity contribution in [1.82, 2.24) is 0 Å². The Balaban J connectivity index is 2.12. The molecule has 0 radical (unpaired) electrons. The lowest BCUT2D eigenvalue weighted by Gasteiger charge is -2.22. The molecule has 20 heavy (non-hydrogen) atoms. The Hall–Kier alpha value is -2.06. The van der Waals surface area contributed by atoms with Crippen LogP contribution in [0.5, 0.6) is 0 Å². The van der Waals surface area contributed by atoms with Crippen LogP contribution in [0.2, 0.25) is 0 Å². The maximum absolute atomic E-state index is 10.9. The quantitative estimate of drug-likeness (QED) is 0.750. The van der Waals surface area contributed by atoms with Crippen LogP contribution in [-0.4, -0.2) is 5.11 Å². The molecule has 2 heteroatoms. The molecule has 0 spiro atoms. The van der Waals surface area contributed by atoms with Crippen molar-refractivity contribution in [3.05, 3.63) is 71.0 Å². The molecule has 0 saturated carbocycles. The van der Waals surface area contributed by atoms with Crippen LogP contribution >= 0.6 is 0 Å². The number of furan rings is 1. The zero-order valence-corrected chi connectivity index (χ0v) is 12.0. The molecule has 102 valence electrons. The van der Waals surface area contributed by atoms with Crippen molar-refractivity contribution in [2.45, 2.75) is 26.4 Å². The van der Waals surface area contributed by atoms with Crippen LogP contribution in [-0.2, 0) is 5.60 Å². The standard InChI is InChI=1S/C18H18O2/c1-12-8-9-15(10-13(12)2)18(3,19)17-11-14-6-4-5-7-16(14)20-17/h4-11,19H,1-3H3. The average Bonchev–Trinajstić information content (AvgIpc) is 2.86. The Bertz CT molecular complexity index is 733. The smallest absolute Gasteiger partial charge is 0.144 e. The number of aryl methyl sites for hydroxylation is 2. The van der Waals surface area contributed by atoms with Gasteiger partial charge in [-0.15, -0.1) is 0 Å². The minimum atomic E-state index is -1.13. The number of para-hydroxylation sites is 1. The van der Waals surface area contributed by atoms with E-state index in [2.05, 4.69) is 6.92 Å². The first-order chi connectivity index (χ1) is 9.48. The highest BCUT2D eigenvalue weighted by Crippen LogP contribution is 2.33. The highest BCUT2D eigenvalue weighted by molar-refractivity contribution is 5.78. The fraction of sp³-hybridized carbons (Fsp3) is 0.222. The molecule has 0 aliphatic heterocycles. The van der Waals surface area contributed by atoms with Gasteiger partial charge in [0.25, 0.3) is 0 Å². The predicted octanol–water partition coefficient (Wildman–Crippen LogP) is 4.31. The van der Waals surface area contributed by atoms with E-state index < -0.39 is 5.60 Å². The van der Waals surface area contributed by atoms with Gasteiger partial charge in [-0.1, -0.05) is 36.4 Å². The van der Waals surface area contributed by atoms with E-state index in [0.717, 1.165) is 16.5 Å². The number of aliphatic hydroxyl groups is 1. The van der Waals surface area contributed by atoms with Gasteiger partial charge < -0.3 is 9.52 Å². The molecule has 1 heterocycles. The van der Waals surface area contributed by atoms with Crippen molar-refractivity contribution in [3.8, 4) is 0 Å². The molecule has 2 aromatic carbocycles. The Kier molecular flexibility index (Phi) is 2.91. The van der Waals surface area contributed by atoms with Gasteiger partial charge in [0.2, 0.25) is 0 Å². The van der Waals surface area contributed by atoms with Gasteiger partial charge in [0, 0.05) is 5.39 Å². The van der Waals surface area contributed by atoms with E-state index in [9.17, 15) is 5.11 Å². The molecular formula is C18H18O2. The third-order valence-electron chi connectivity index (χ3n) is 3.97. The van der Waals surface area contributed by atoms with Crippen molar-refractivity contribution in [3.63, 3.8) is 0 Å². The minimum absolute atomic E-state index is 0.571. The minimum Gasteiger partial charge on any atom is -0.458 e. The average molecular weight is 266 g/mol. The van der Waals surface area contributed by atoms with E-state index in [-0.39, 0.29) is 0 Å². The fourth-order valence-corrected chi connectivity index (χ4v) is 2.41. The molecule has 2 nitrogen and oxygen atoms in total. The third-order valence-corrected chi connectivity index (χ3v) is 3.97. The molecule has 1 atom stereocenters. The number of fused-ring (bicyclic) bond motifs is 1. The van der Waals surface area contributed by atoms with Crippen molar-refractivity contribution in [1.29, 1.82) is 0 Å². The summed E-state index contributed by atoms with van der Waals surface area (Å²) in [6.07, 6.45) is 0. The van der Waals surface area contributed by atoms with Gasteiger partial charge in [0.1, 0.15) is 16.9 Å². The molecule has 3 rings (SSSR count). The summed E-state index contributed by atoms with van der Waals surface area (Å²) in [4.78, 5) is 0. The molecule has 0 bridgehead atoms. The van der Waals surface area contributed by atoms with Gasteiger partial charge in [-0.05, 0) is 49.6 Å². The molecule has 1 N–H and O–H groups in total. The number of hydrogen-bond donors (Lipinski definition) is 1. The van der Waals surface area contributed by atoms with Gasteiger partial charge in [0.15, 0.2) is 0 Å². The number of hydrogen-bond acceptors (Lipinski definition) is 2. The summed E-state index contributed by atoms with van der Waals surface area (Å²) in [5.41, 5.74) is 2.90. The first-order valence-corrected chi connectivity index (χ1v) is 6.77. The lowest BCUT2D eigenvalue weighted by Crippen LogP contribution is -2.22. The normalized spacial score (nSPS) is 14.4. The van der Waals surface area contributed by atoms with Crippen LogP contribution in [0.4, 0.5) is 0 Å². The fourth-order valence-electron chi connectivity index (χ4n) is 2.41. The maximum atomic E-state index is 10.9. The van der Waals surface area contributed by atoms with Crippen molar-refractivity contribution in [2.75, 3.05) is 0 Å². The Labute approximate surface area is 118 Å². The van der Waals surface area contributed by atoms with Crippen LogP contribution < -0.4 is 0 Å². The van der Waals surface area contributed by atoms with E-state index in [1.54, 1.807) is 6.92 Å². The van der Waals surface area contributed by atoms with Crippen molar-refractivity contribution < 1.29 is 9.52 Å². The predicted molar refractivity (Wildman–Crippen MR) is 80.8 cm³/mol. The number of rotatable bonds is 2. The molecule has 3 aromatic rings. The molecule has 0 amide bonds. The monoisotopic (exact) mass is 266 g/mol. The van der Waals surface area contributed by atoms with Gasteiger partial charge >= 0.3 is 0 Å². The second-order valence-corrected chi connectivity index (χ2v) is 5.52. The van der Waals surface area contributed by atoms with Crippen LogP contribution in [0.25, 0.3) is 11.0 Å². The highest BCUT2D eigenvalue weighted by atomic mass is 16.4. The third kappa shape index (κ3) is 2.02. The Morgan fingerprint density at radius 1 is 0.950 bits per heavy atom. The van der Waals surface area contributed by atoms with E-state index in [1.165, 1.54) is 11.1 Å². The van der Waals surface area contributed by atoms with Crippen LogP contribution in [0.3, 0.4) is 0 Å². The van der Waals surface area contributed by atoms with E-state index in [1.807, 2.05) is 55.5 Å². The van der Waals surface area contributed by atoms with Crippen LogP contribution in [0, 0.1) is 13.8 Å². The Morgan fingerprint density at radius 3 is 2.40 bits per heavy atom. The molecule has 0 fully saturated rings. The van der Waals surface area contributed by atoms with Gasteiger partial charge in [-0.3, -0.25) is 0 Å². The van der Waals surface area contributed by atoms with E-state index >= 15 is 0 Å². The van der Waals surface area contributed by atoms with Crippen molar-refractivity contribution in [2.24, 2.45) is 0 Å². The molecule has 1 aromatic heterocycles. The van der Waals surface area contributed by atoms with Crippen LogP contribution in [0.15, 0.2) is 52.9 Å². The molecular weight excluding hydrogens is 248 g/mol. The summed E-state index contributed by atoms with van der Waals surface area (Å²) in [5, 5.41) is 11.9. The van der Waals surface area contributed by atoms with Crippen LogP contribution in [0.1, 0.15) is 29.4 Å². The topological polar surface area (TPSA) is 33.4 Å². The largest absolute Gasteiger partial charge is 0.458 e. The maximum Gasteiger partial charge on any atom is 0.144 e. The van der Waals surface area contributed by atoms with E-state index in [4.69, 9.17) is 4.42 Å². The highest BCUT2D eigenvalue weighted by Gasteiger charge is 2.29. The second kappa shape index (κ2) is 4.50. The second-order valence-electron chi connectivity index (χ2n) is 5.52. The summed E-state index contributed by atoms with van der Waals surface area (Å²) >= 11 is 0. The lowest BCUT2D eigenvalue weighted by atomic mass is 9.91. The lowest BCUT2D eigenvalue weighted by molar-refractivity contribution is 0.0786. The zero-order valence-electron chi connectivity index (χ0n) is 12.0. The first-order valence-electron chi connectivity index (χ1n) is 6.77. The molecule has 0 aliphatic carbocycles. The summed E-state index contributed by atoms with van der Waals surface area (Å²) in [6.45, 7) is 5.89. The summed E-state index contributed by atoms with van der Waals surface area (Å²) in [7, 11) is 0. The summed E-state index contributed by atoms with van der Waals surface area (Å²) in [6, 6.07) is 15.7. The SMILES string of the molecule is Cc1ccc(C(C)(O)c2cc3ccccc3o2)cc1C. The van der Waals surface area contributed by atoms with Gasteiger partial charge in [0.05, 0.1) is 0 Å². The first kappa shape index (κ1) is 12.9. The molecule has 0 aliphatic rings. The Morgan fingerprint density at radius 2 is 1.70 bits per heavy atom. The van der Waals surface area contributed by atoms with Gasteiger partial charge in [-0.25, -0.2) is 0 Å². The zero-order chi connectivity index (χ0) is 14.3. The number of benzene rings is 2. The molecule has 0 saturated heterocycles. The van der Waals surface area contributed by atoms with Gasteiger partial charge in [-0.2, -0.15) is 0 Å². The summed E-state index contributed by atoms with van der Waals surface area (Å²) < 4.78 is 5.81. The molecule has 1 unspecified atom stereocenters. The van der Waals surface area contributed by atoms with Crippen molar-refractivity contribution >= 4 is 11.0 Å². The summed E-state index contributed by atoms with van der Waals surface area (Å²) in [5.74, 6) is 0.571. The van der Waals surface area contributed by atoms with E-state index in [0.29, 0.717) is 5.76 Å².